The van der Waals surface area contributed by atoms with Crippen LogP contribution in [0.15, 0.2) is 90.3 Å². The third kappa shape index (κ3) is 25.9. The lowest BCUT2D eigenvalue weighted by Crippen LogP contribution is -2.70. The summed E-state index contributed by atoms with van der Waals surface area (Å²) in [6, 6.07) is 0. The minimum Gasteiger partial charge on any atom is -0.410 e. The van der Waals surface area contributed by atoms with Crippen LogP contribution >= 0.6 is 0 Å². The van der Waals surface area contributed by atoms with Gasteiger partial charge >= 0.3 is 5.91 Å². The van der Waals surface area contributed by atoms with E-state index in [4.69, 9.17) is 5.21 Å². The highest BCUT2D eigenvalue weighted by molar-refractivity contribution is 6.27. The van der Waals surface area contributed by atoms with Gasteiger partial charge in [-0.3, -0.25) is 9.59 Å². The Kier molecular flexibility index (Phi) is 25.6. The van der Waals surface area contributed by atoms with Crippen molar-refractivity contribution in [3.63, 3.8) is 0 Å². The van der Waals surface area contributed by atoms with Gasteiger partial charge in [0.05, 0.1) is 0 Å². The fraction of sp³-hybridized carbons (Fsp3) is 0.438. The third-order valence-electron chi connectivity index (χ3n) is 5.23. The predicted octanol–water partition coefficient (Wildman–Crippen LogP) is 3.80. The second-order valence-electron chi connectivity index (χ2n) is 8.82. The van der Waals surface area contributed by atoms with E-state index in [-0.39, 0.29) is 17.5 Å². The van der Waals surface area contributed by atoms with Crippen molar-refractivity contribution in [1.82, 2.24) is 16.0 Å². The summed E-state index contributed by atoms with van der Waals surface area (Å²) in [5, 5.41) is 20.3. The standard InChI is InChI=1S/C32H49N5O3/c1-4-5-6-7-8-9-10-11-12-13-14-15-16-17-18-19-20-21-22-23-31(38)34-26-24-33-25-27-35-32(39)30(3)36-28-29(2)37-40/h5-6,8-9,11-12,14-15,17-18,20-21,28,33,40H,3-4,7,10,13,16,19,22-27H2,1-2H3,(H,34,38)(H,35,39)/p+1/b6-5-,9-8-,12-11-,15-14-,18-17-,21-20-,36-28?,37-29+. The van der Waals surface area contributed by atoms with Crippen molar-refractivity contribution in [2.45, 2.75) is 65.2 Å². The molecule has 0 spiro atoms. The summed E-state index contributed by atoms with van der Waals surface area (Å²) in [4.78, 5) is 26.4. The van der Waals surface area contributed by atoms with Crippen molar-refractivity contribution < 1.29 is 19.8 Å². The van der Waals surface area contributed by atoms with E-state index in [1.165, 1.54) is 6.21 Å². The molecule has 0 heterocycles. The molecular formula is C32H50N5O3+. The second-order valence-corrected chi connectivity index (χ2v) is 8.82. The molecule has 0 atom stereocenters. The molecule has 0 aromatic carbocycles. The Morgan fingerprint density at radius 2 is 1.23 bits per heavy atom. The van der Waals surface area contributed by atoms with Crippen molar-refractivity contribution in [3.8, 4) is 0 Å². The molecule has 0 unspecified atom stereocenters. The van der Waals surface area contributed by atoms with Crippen LogP contribution in [-0.2, 0) is 9.59 Å². The van der Waals surface area contributed by atoms with Crippen LogP contribution in [0.25, 0.3) is 0 Å². The molecule has 0 bridgehead atoms. The van der Waals surface area contributed by atoms with Gasteiger partial charge in [-0.1, -0.05) is 85.0 Å². The van der Waals surface area contributed by atoms with Crippen molar-refractivity contribution in [1.29, 1.82) is 0 Å². The van der Waals surface area contributed by atoms with Crippen LogP contribution in [0, 0.1) is 0 Å². The molecule has 0 fully saturated rings. The first-order chi connectivity index (χ1) is 19.5. The maximum absolute atomic E-state index is 11.9. The fourth-order valence-electron chi connectivity index (χ4n) is 3.01. The lowest BCUT2D eigenvalue weighted by Gasteiger charge is -2.07. The number of nitrogens with zero attached hydrogens (tertiary/aromatic N) is 1. The quantitative estimate of drug-likeness (QED) is 0.0331. The Morgan fingerprint density at radius 3 is 1.73 bits per heavy atom. The Balaban J connectivity index is 3.66. The van der Waals surface area contributed by atoms with Gasteiger partial charge in [0.2, 0.25) is 5.91 Å². The van der Waals surface area contributed by atoms with E-state index in [0.29, 0.717) is 38.3 Å². The van der Waals surface area contributed by atoms with Crippen LogP contribution in [0.2, 0.25) is 0 Å². The van der Waals surface area contributed by atoms with Crippen molar-refractivity contribution in [3.05, 3.63) is 85.2 Å². The molecule has 0 saturated carbocycles. The number of hydrogen-bond donors (Lipinski definition) is 5. The van der Waals surface area contributed by atoms with E-state index in [1.54, 1.807) is 6.92 Å². The molecule has 8 nitrogen and oxygen atoms in total. The highest BCUT2D eigenvalue weighted by Gasteiger charge is 2.09. The zero-order chi connectivity index (χ0) is 29.5. The molecule has 0 rings (SSSR count). The van der Waals surface area contributed by atoms with Crippen LogP contribution in [0.1, 0.15) is 65.2 Å². The first-order valence-electron chi connectivity index (χ1n) is 14.1. The molecule has 5 N–H and O–H groups in total. The van der Waals surface area contributed by atoms with Gasteiger partial charge in [-0.25, -0.2) is 4.99 Å². The first kappa shape index (κ1) is 36.2. The second kappa shape index (κ2) is 28.2. The van der Waals surface area contributed by atoms with E-state index in [9.17, 15) is 9.59 Å². The molecular weight excluding hydrogens is 502 g/mol. The summed E-state index contributed by atoms with van der Waals surface area (Å²) in [5.41, 5.74) is 0.484. The van der Waals surface area contributed by atoms with Crippen LogP contribution in [-0.4, -0.2) is 55.1 Å². The molecule has 0 saturated heterocycles. The molecule has 0 aliphatic rings. The van der Waals surface area contributed by atoms with Crippen LogP contribution in [0.4, 0.5) is 0 Å². The molecule has 0 radical (unpaired) electrons. The van der Waals surface area contributed by atoms with Gasteiger partial charge in [0, 0.05) is 32.6 Å². The van der Waals surface area contributed by atoms with Gasteiger partial charge in [0.15, 0.2) is 6.21 Å². The summed E-state index contributed by atoms with van der Waals surface area (Å²) >= 11 is 0. The molecule has 0 aromatic heterocycles. The highest BCUT2D eigenvalue weighted by Crippen LogP contribution is 1.97. The summed E-state index contributed by atoms with van der Waals surface area (Å²) in [7, 11) is 0. The fourth-order valence-corrected chi connectivity index (χ4v) is 3.01. The topological polar surface area (TPSA) is 117 Å². The van der Waals surface area contributed by atoms with Gasteiger partial charge in [-0.15, -0.1) is 0 Å². The molecule has 40 heavy (non-hydrogen) atoms. The lowest BCUT2D eigenvalue weighted by molar-refractivity contribution is -0.383. The molecule has 8 heteroatoms. The minimum atomic E-state index is -0.341. The van der Waals surface area contributed by atoms with Crippen LogP contribution in [0.3, 0.4) is 0 Å². The van der Waals surface area contributed by atoms with Gasteiger partial charge < -0.3 is 21.2 Å². The predicted molar refractivity (Wildman–Crippen MR) is 167 cm³/mol. The maximum atomic E-state index is 11.9. The van der Waals surface area contributed by atoms with Gasteiger partial charge in [0.25, 0.3) is 5.70 Å². The van der Waals surface area contributed by atoms with Crippen molar-refractivity contribution in [2.24, 2.45) is 5.16 Å². The Labute approximate surface area is 241 Å². The summed E-state index contributed by atoms with van der Waals surface area (Å²) < 4.78 is 0. The van der Waals surface area contributed by atoms with E-state index < -0.39 is 0 Å². The van der Waals surface area contributed by atoms with Crippen molar-refractivity contribution in [2.75, 3.05) is 26.2 Å². The average Bonchev–Trinajstić information content (AvgIpc) is 2.96. The van der Waals surface area contributed by atoms with Crippen LogP contribution < -0.4 is 20.9 Å². The molecule has 2 amide bonds. The first-order valence-corrected chi connectivity index (χ1v) is 14.1. The molecule has 0 aromatic rings. The minimum absolute atomic E-state index is 0.0231. The Bertz CT molecular complexity index is 940. The molecule has 0 aliphatic carbocycles. The zero-order valence-corrected chi connectivity index (χ0v) is 24.4. The normalized spacial score (nSPS) is 12.9. The summed E-state index contributed by atoms with van der Waals surface area (Å²) in [5.74, 6) is -0.318. The van der Waals surface area contributed by atoms with Gasteiger partial charge in [0.1, 0.15) is 5.71 Å². The maximum Gasteiger partial charge on any atom is 0.315 e. The largest absolute Gasteiger partial charge is 0.410 e. The lowest BCUT2D eigenvalue weighted by atomic mass is 10.2. The molecule has 0 aliphatic heterocycles. The number of oxime groups is 1. The smallest absolute Gasteiger partial charge is 0.315 e. The van der Waals surface area contributed by atoms with E-state index >= 15 is 0 Å². The molecule has 220 valence electrons. The number of rotatable bonds is 23. The third-order valence-corrected chi connectivity index (χ3v) is 5.23. The summed E-state index contributed by atoms with van der Waals surface area (Å²) in [6.45, 7) is 9.46. The number of amides is 2. The summed E-state index contributed by atoms with van der Waals surface area (Å²) in [6.07, 6.45) is 34.4. The van der Waals surface area contributed by atoms with E-state index in [1.807, 2.05) is 6.08 Å². The number of hydrogen-bond acceptors (Lipinski definition) is 5. The number of carbonyl (C=O) groups is 2. The Hall–Kier alpha value is -3.78. The highest BCUT2D eigenvalue weighted by atomic mass is 16.4. The van der Waals surface area contributed by atoms with E-state index in [0.717, 1.165) is 44.9 Å². The van der Waals surface area contributed by atoms with Crippen molar-refractivity contribution >= 4 is 23.7 Å². The monoisotopic (exact) mass is 552 g/mol. The SMILES string of the molecule is C=C([NH+]=C/C(C)=N/O)C(=O)NCCNCCNC(=O)CC/C=C\C/C=C\C/C=C\C/C=C\C/C=C\C/C=C\CC. The van der Waals surface area contributed by atoms with E-state index in [2.05, 4.69) is 106 Å². The Morgan fingerprint density at radius 1 is 0.750 bits per heavy atom. The number of carbonyl (C=O) groups excluding carboxylic acids is 2. The number of allylic oxidation sites excluding steroid dienone is 12. The van der Waals surface area contributed by atoms with Crippen LogP contribution in [0.5, 0.6) is 0 Å². The average molecular weight is 553 g/mol. The van der Waals surface area contributed by atoms with Gasteiger partial charge in [-0.2, -0.15) is 0 Å². The van der Waals surface area contributed by atoms with Gasteiger partial charge in [-0.05, 0) is 58.4 Å². The zero-order valence-electron chi connectivity index (χ0n) is 24.4. The number of nitrogens with one attached hydrogen (secondary N) is 4.